The molecule has 2 heterocycles. The zero-order valence-electron chi connectivity index (χ0n) is 13.5. The van der Waals surface area contributed by atoms with Gasteiger partial charge in [-0.15, -0.1) is 0 Å². The van der Waals surface area contributed by atoms with Crippen molar-refractivity contribution in [1.29, 1.82) is 0 Å². The van der Waals surface area contributed by atoms with E-state index < -0.39 is 0 Å². The van der Waals surface area contributed by atoms with Gasteiger partial charge in [-0.25, -0.2) is 0 Å². The van der Waals surface area contributed by atoms with Crippen LogP contribution in [-0.2, 0) is 4.79 Å². The fourth-order valence-corrected chi connectivity index (χ4v) is 2.81. The molecule has 2 amide bonds. The summed E-state index contributed by atoms with van der Waals surface area (Å²) in [5.74, 6) is 0.426. The topological polar surface area (TPSA) is 75.4 Å². The van der Waals surface area contributed by atoms with Crippen molar-refractivity contribution in [1.82, 2.24) is 10.5 Å². The largest absolute Gasteiger partial charge is 0.360 e. The van der Waals surface area contributed by atoms with Crippen molar-refractivity contribution >= 4 is 29.1 Å². The number of anilines is 1. The molecule has 6 nitrogen and oxygen atoms in total. The second-order valence-corrected chi connectivity index (χ2v) is 6.56. The Morgan fingerprint density at radius 1 is 1.42 bits per heavy atom. The summed E-state index contributed by atoms with van der Waals surface area (Å²) in [7, 11) is 0. The minimum Gasteiger partial charge on any atom is -0.360 e. The zero-order valence-corrected chi connectivity index (χ0v) is 14.2. The molecule has 2 aromatic rings. The van der Waals surface area contributed by atoms with Gasteiger partial charge in [-0.3, -0.25) is 9.59 Å². The lowest BCUT2D eigenvalue weighted by atomic mass is 10.1. The number of halogens is 1. The summed E-state index contributed by atoms with van der Waals surface area (Å²) in [6.45, 7) is 4.32. The molecule has 1 aliphatic heterocycles. The monoisotopic (exact) mass is 347 g/mol. The Kier molecular flexibility index (Phi) is 4.57. The van der Waals surface area contributed by atoms with E-state index in [0.717, 1.165) is 5.69 Å². The molecule has 7 heteroatoms. The van der Waals surface area contributed by atoms with Crippen LogP contribution < -0.4 is 10.2 Å². The first-order chi connectivity index (χ1) is 11.4. The highest BCUT2D eigenvalue weighted by Crippen LogP contribution is 2.24. The van der Waals surface area contributed by atoms with Gasteiger partial charge in [-0.05, 0) is 18.2 Å². The Balaban J connectivity index is 1.66. The molecule has 0 spiro atoms. The van der Waals surface area contributed by atoms with Gasteiger partial charge < -0.3 is 14.7 Å². The van der Waals surface area contributed by atoms with E-state index >= 15 is 0 Å². The van der Waals surface area contributed by atoms with Crippen LogP contribution in [0.3, 0.4) is 0 Å². The third-order valence-corrected chi connectivity index (χ3v) is 4.15. The van der Waals surface area contributed by atoms with E-state index in [2.05, 4.69) is 10.5 Å². The van der Waals surface area contributed by atoms with Gasteiger partial charge >= 0.3 is 0 Å². The molecule has 24 heavy (non-hydrogen) atoms. The molecule has 1 aromatic heterocycles. The Hall–Kier alpha value is -2.34. The quantitative estimate of drug-likeness (QED) is 0.922. The smallest absolute Gasteiger partial charge is 0.273 e. The van der Waals surface area contributed by atoms with Crippen LogP contribution >= 0.6 is 11.6 Å². The van der Waals surface area contributed by atoms with Gasteiger partial charge in [0.2, 0.25) is 5.91 Å². The highest BCUT2D eigenvalue weighted by molar-refractivity contribution is 6.30. The second kappa shape index (κ2) is 6.65. The molecule has 1 N–H and O–H groups in total. The molecule has 0 aliphatic carbocycles. The van der Waals surface area contributed by atoms with Crippen LogP contribution in [0.4, 0.5) is 5.69 Å². The van der Waals surface area contributed by atoms with E-state index in [1.807, 2.05) is 19.9 Å². The van der Waals surface area contributed by atoms with Crippen LogP contribution in [0.2, 0.25) is 5.02 Å². The van der Waals surface area contributed by atoms with Crippen LogP contribution in [0.5, 0.6) is 0 Å². The third kappa shape index (κ3) is 3.43. The molecule has 1 aromatic carbocycles. The molecule has 0 radical (unpaired) electrons. The summed E-state index contributed by atoms with van der Waals surface area (Å²) in [6, 6.07) is 8.45. The first-order valence-corrected chi connectivity index (χ1v) is 8.15. The summed E-state index contributed by atoms with van der Waals surface area (Å²) in [5.41, 5.74) is 0.958. The Bertz CT molecular complexity index is 772. The van der Waals surface area contributed by atoms with Crippen molar-refractivity contribution in [2.45, 2.75) is 32.2 Å². The summed E-state index contributed by atoms with van der Waals surface area (Å²) >= 11 is 5.97. The number of carbonyl (C=O) groups is 2. The summed E-state index contributed by atoms with van der Waals surface area (Å²) in [4.78, 5) is 26.1. The van der Waals surface area contributed by atoms with Gasteiger partial charge in [-0.1, -0.05) is 36.7 Å². The van der Waals surface area contributed by atoms with Crippen LogP contribution in [0.15, 0.2) is 34.9 Å². The van der Waals surface area contributed by atoms with Gasteiger partial charge in [0.05, 0.1) is 6.04 Å². The van der Waals surface area contributed by atoms with Crippen LogP contribution in [-0.4, -0.2) is 29.6 Å². The molecule has 126 valence electrons. The molecule has 1 aliphatic rings. The van der Waals surface area contributed by atoms with Crippen molar-refractivity contribution in [3.05, 3.63) is 46.8 Å². The number of rotatable bonds is 4. The van der Waals surface area contributed by atoms with Crippen molar-refractivity contribution in [2.24, 2.45) is 0 Å². The van der Waals surface area contributed by atoms with Crippen molar-refractivity contribution < 1.29 is 14.1 Å². The molecule has 1 atom stereocenters. The number of aromatic nitrogens is 1. The standard InChI is InChI=1S/C17H18ClN3O3/c1-10(2)15-8-14(20-24-15)17(23)19-12-7-16(22)21(9-12)13-5-3-4-11(18)6-13/h3-6,8,10,12H,7,9H2,1-2H3,(H,19,23)/t12-/m0/s1. The van der Waals surface area contributed by atoms with Gasteiger partial charge in [0, 0.05) is 35.7 Å². The predicted octanol–water partition coefficient (Wildman–Crippen LogP) is 2.99. The third-order valence-electron chi connectivity index (χ3n) is 3.91. The highest BCUT2D eigenvalue weighted by Gasteiger charge is 2.32. The first kappa shape index (κ1) is 16.5. The summed E-state index contributed by atoms with van der Waals surface area (Å²) < 4.78 is 5.13. The molecule has 1 fully saturated rings. The number of hydrogen-bond donors (Lipinski definition) is 1. The molecule has 3 rings (SSSR count). The predicted molar refractivity (Wildman–Crippen MR) is 90.3 cm³/mol. The van der Waals surface area contributed by atoms with E-state index in [0.29, 0.717) is 17.3 Å². The van der Waals surface area contributed by atoms with Crippen LogP contribution in [0.1, 0.15) is 42.4 Å². The van der Waals surface area contributed by atoms with Crippen LogP contribution in [0, 0.1) is 0 Å². The lowest BCUT2D eigenvalue weighted by Crippen LogP contribution is -2.37. The number of amides is 2. The maximum Gasteiger partial charge on any atom is 0.273 e. The molecule has 0 saturated carbocycles. The van der Waals surface area contributed by atoms with E-state index in [4.69, 9.17) is 16.1 Å². The van der Waals surface area contributed by atoms with Crippen molar-refractivity contribution in [2.75, 3.05) is 11.4 Å². The fraction of sp³-hybridized carbons (Fsp3) is 0.353. The number of nitrogens with zero attached hydrogens (tertiary/aromatic N) is 2. The summed E-state index contributed by atoms with van der Waals surface area (Å²) in [5, 5.41) is 7.19. The minimum absolute atomic E-state index is 0.0504. The second-order valence-electron chi connectivity index (χ2n) is 6.13. The molecule has 1 saturated heterocycles. The Labute approximate surface area is 144 Å². The zero-order chi connectivity index (χ0) is 17.3. The number of carbonyl (C=O) groups excluding carboxylic acids is 2. The van der Waals surface area contributed by atoms with E-state index in [9.17, 15) is 9.59 Å². The average molecular weight is 348 g/mol. The van der Waals surface area contributed by atoms with E-state index in [1.165, 1.54) is 0 Å². The molecule has 0 bridgehead atoms. The maximum atomic E-state index is 12.3. The first-order valence-electron chi connectivity index (χ1n) is 7.77. The highest BCUT2D eigenvalue weighted by atomic mass is 35.5. The SMILES string of the molecule is CC(C)c1cc(C(=O)N[C@H]2CC(=O)N(c3cccc(Cl)c3)C2)no1. The average Bonchev–Trinajstić information content (AvgIpc) is 3.14. The van der Waals surface area contributed by atoms with Gasteiger partial charge in [0.1, 0.15) is 5.76 Å². The van der Waals surface area contributed by atoms with E-state index in [1.54, 1.807) is 29.2 Å². The van der Waals surface area contributed by atoms with Gasteiger partial charge in [0.25, 0.3) is 5.91 Å². The van der Waals surface area contributed by atoms with Crippen molar-refractivity contribution in [3.8, 4) is 0 Å². The van der Waals surface area contributed by atoms with Crippen LogP contribution in [0.25, 0.3) is 0 Å². The Morgan fingerprint density at radius 2 is 2.21 bits per heavy atom. The lowest BCUT2D eigenvalue weighted by Gasteiger charge is -2.17. The number of hydrogen-bond acceptors (Lipinski definition) is 4. The lowest BCUT2D eigenvalue weighted by molar-refractivity contribution is -0.117. The normalized spacial score (nSPS) is 17.6. The van der Waals surface area contributed by atoms with Crippen molar-refractivity contribution in [3.63, 3.8) is 0 Å². The molecular formula is C17H18ClN3O3. The fourth-order valence-electron chi connectivity index (χ4n) is 2.63. The number of benzene rings is 1. The molecule has 0 unspecified atom stereocenters. The summed E-state index contributed by atoms with van der Waals surface area (Å²) in [6.07, 6.45) is 0.243. The Morgan fingerprint density at radius 3 is 2.88 bits per heavy atom. The number of nitrogens with one attached hydrogen (secondary N) is 1. The van der Waals surface area contributed by atoms with Gasteiger partial charge in [-0.2, -0.15) is 0 Å². The molecular weight excluding hydrogens is 330 g/mol. The maximum absolute atomic E-state index is 12.3. The van der Waals surface area contributed by atoms with Gasteiger partial charge in [0.15, 0.2) is 5.69 Å². The minimum atomic E-state index is -0.337. The van der Waals surface area contributed by atoms with E-state index in [-0.39, 0.29) is 35.9 Å².